The maximum Gasteiger partial charge on any atom is 0.237 e. The van der Waals surface area contributed by atoms with E-state index in [1.54, 1.807) is 6.20 Å². The molecular weight excluding hydrogens is 302 g/mol. The molecule has 5 heteroatoms. The van der Waals surface area contributed by atoms with Gasteiger partial charge in [0.15, 0.2) is 0 Å². The van der Waals surface area contributed by atoms with Crippen molar-refractivity contribution in [3.63, 3.8) is 0 Å². The number of hydrogen-bond acceptors (Lipinski definition) is 4. The third-order valence-corrected chi connectivity index (χ3v) is 4.36. The molecule has 0 aliphatic heterocycles. The summed E-state index contributed by atoms with van der Waals surface area (Å²) < 4.78 is 5.71. The fourth-order valence-corrected chi connectivity index (χ4v) is 2.21. The Hall–Kier alpha value is -2.40. The highest BCUT2D eigenvalue weighted by atomic mass is 16.5. The lowest BCUT2D eigenvalue weighted by atomic mass is 9.87. The van der Waals surface area contributed by atoms with E-state index in [4.69, 9.17) is 10.5 Å². The van der Waals surface area contributed by atoms with Crippen LogP contribution in [0, 0.1) is 5.92 Å². The number of amides is 1. The van der Waals surface area contributed by atoms with Crippen LogP contribution in [-0.4, -0.2) is 16.4 Å². The number of nitrogens with one attached hydrogen (secondary N) is 1. The average Bonchev–Trinajstić information content (AvgIpc) is 2.59. The van der Waals surface area contributed by atoms with Gasteiger partial charge in [0.1, 0.15) is 12.4 Å². The second-order valence-corrected chi connectivity index (χ2v) is 6.33. The molecule has 0 unspecified atom stereocenters. The highest BCUT2D eigenvalue weighted by molar-refractivity contribution is 5.84. The largest absolute Gasteiger partial charge is 0.487 e. The van der Waals surface area contributed by atoms with Crippen LogP contribution in [0.15, 0.2) is 48.7 Å². The number of primary amides is 1. The molecule has 1 aromatic heterocycles. The van der Waals surface area contributed by atoms with Crippen LogP contribution in [0.4, 0.5) is 0 Å². The fraction of sp³-hybridized carbons (Fsp3) is 0.368. The summed E-state index contributed by atoms with van der Waals surface area (Å²) in [5.41, 5.74) is 6.75. The number of pyridine rings is 1. The van der Waals surface area contributed by atoms with Gasteiger partial charge in [-0.05, 0) is 42.7 Å². The summed E-state index contributed by atoms with van der Waals surface area (Å²) in [4.78, 5) is 15.9. The Balaban J connectivity index is 1.91. The standard InChI is InChI=1S/C19H25N3O2/c1-14(2)19(3,18(20)23)22-12-15-7-9-17(10-8-15)24-13-16-6-4-5-11-21-16/h4-11,14,22H,12-13H2,1-3H3,(H2,20,23)/t19-/m0/s1. The molecule has 0 radical (unpaired) electrons. The number of rotatable bonds is 8. The Morgan fingerprint density at radius 2 is 1.96 bits per heavy atom. The highest BCUT2D eigenvalue weighted by Crippen LogP contribution is 2.18. The van der Waals surface area contributed by atoms with E-state index in [0.29, 0.717) is 13.2 Å². The molecule has 1 amide bonds. The summed E-state index contributed by atoms with van der Waals surface area (Å²) in [7, 11) is 0. The van der Waals surface area contributed by atoms with Crippen molar-refractivity contribution >= 4 is 5.91 Å². The van der Waals surface area contributed by atoms with E-state index in [0.717, 1.165) is 17.0 Å². The average molecular weight is 327 g/mol. The highest BCUT2D eigenvalue weighted by Gasteiger charge is 2.33. The second-order valence-electron chi connectivity index (χ2n) is 6.33. The summed E-state index contributed by atoms with van der Waals surface area (Å²) in [6.07, 6.45) is 1.75. The number of hydrogen-bond donors (Lipinski definition) is 2. The van der Waals surface area contributed by atoms with Crippen molar-refractivity contribution in [1.29, 1.82) is 0 Å². The topological polar surface area (TPSA) is 77.2 Å². The molecular formula is C19H25N3O2. The Kier molecular flexibility index (Phi) is 5.93. The number of carbonyl (C=O) groups excluding carboxylic acids is 1. The van der Waals surface area contributed by atoms with E-state index in [1.165, 1.54) is 0 Å². The Morgan fingerprint density at radius 3 is 2.50 bits per heavy atom. The molecule has 1 aromatic carbocycles. The van der Waals surface area contributed by atoms with Crippen LogP contribution in [0.5, 0.6) is 5.75 Å². The first-order valence-electron chi connectivity index (χ1n) is 8.08. The van der Waals surface area contributed by atoms with Gasteiger partial charge in [0.25, 0.3) is 0 Å². The lowest BCUT2D eigenvalue weighted by molar-refractivity contribution is -0.125. The van der Waals surface area contributed by atoms with E-state index in [1.807, 2.05) is 63.2 Å². The van der Waals surface area contributed by atoms with E-state index < -0.39 is 5.54 Å². The zero-order chi connectivity index (χ0) is 17.6. The molecule has 2 aromatic rings. The van der Waals surface area contributed by atoms with Gasteiger partial charge in [0, 0.05) is 12.7 Å². The van der Waals surface area contributed by atoms with Crippen LogP contribution < -0.4 is 15.8 Å². The summed E-state index contributed by atoms with van der Waals surface area (Å²) in [6, 6.07) is 13.5. The van der Waals surface area contributed by atoms with Gasteiger partial charge in [-0.1, -0.05) is 32.0 Å². The summed E-state index contributed by atoms with van der Waals surface area (Å²) >= 11 is 0. The molecule has 3 N–H and O–H groups in total. The monoisotopic (exact) mass is 327 g/mol. The smallest absolute Gasteiger partial charge is 0.237 e. The number of nitrogens with two attached hydrogens (primary N) is 1. The molecule has 0 fully saturated rings. The van der Waals surface area contributed by atoms with Crippen LogP contribution in [0.25, 0.3) is 0 Å². The normalized spacial score (nSPS) is 13.5. The van der Waals surface area contributed by atoms with E-state index >= 15 is 0 Å². The lowest BCUT2D eigenvalue weighted by Gasteiger charge is -2.31. The van der Waals surface area contributed by atoms with Gasteiger partial charge in [0.2, 0.25) is 5.91 Å². The van der Waals surface area contributed by atoms with Gasteiger partial charge >= 0.3 is 0 Å². The molecule has 1 atom stereocenters. The molecule has 0 saturated heterocycles. The molecule has 0 aliphatic rings. The zero-order valence-corrected chi connectivity index (χ0v) is 14.5. The van der Waals surface area contributed by atoms with Gasteiger partial charge in [-0.25, -0.2) is 0 Å². The number of nitrogens with zero attached hydrogens (tertiary/aromatic N) is 1. The Labute approximate surface area is 143 Å². The van der Waals surface area contributed by atoms with Crippen LogP contribution in [0.2, 0.25) is 0 Å². The first-order valence-corrected chi connectivity index (χ1v) is 8.08. The SMILES string of the molecule is CC(C)[C@](C)(NCc1ccc(OCc2ccccn2)cc1)C(N)=O. The van der Waals surface area contributed by atoms with Crippen LogP contribution >= 0.6 is 0 Å². The Morgan fingerprint density at radius 1 is 1.25 bits per heavy atom. The van der Waals surface area contributed by atoms with Gasteiger partial charge in [-0.15, -0.1) is 0 Å². The van der Waals surface area contributed by atoms with Gasteiger partial charge in [-0.2, -0.15) is 0 Å². The first-order chi connectivity index (χ1) is 11.4. The zero-order valence-electron chi connectivity index (χ0n) is 14.5. The van der Waals surface area contributed by atoms with E-state index in [2.05, 4.69) is 10.3 Å². The molecule has 0 saturated carbocycles. The van der Waals surface area contributed by atoms with E-state index in [9.17, 15) is 4.79 Å². The molecule has 0 spiro atoms. The predicted octanol–water partition coefficient (Wildman–Crippen LogP) is 2.65. The maximum absolute atomic E-state index is 11.7. The van der Waals surface area contributed by atoms with Gasteiger partial charge in [0.05, 0.1) is 11.2 Å². The first kappa shape index (κ1) is 17.9. The minimum atomic E-state index is -0.728. The minimum absolute atomic E-state index is 0.107. The summed E-state index contributed by atoms with van der Waals surface area (Å²) in [5, 5.41) is 3.26. The maximum atomic E-state index is 11.7. The van der Waals surface area contributed by atoms with Gasteiger partial charge < -0.3 is 10.5 Å². The molecule has 5 nitrogen and oxygen atoms in total. The third kappa shape index (κ3) is 4.55. The number of benzene rings is 1. The predicted molar refractivity (Wildman–Crippen MR) is 94.3 cm³/mol. The molecule has 128 valence electrons. The number of ether oxygens (including phenoxy) is 1. The molecule has 0 aliphatic carbocycles. The lowest BCUT2D eigenvalue weighted by Crippen LogP contribution is -2.56. The van der Waals surface area contributed by atoms with Crippen molar-refractivity contribution in [3.8, 4) is 5.75 Å². The summed E-state index contributed by atoms with van der Waals surface area (Å²) in [6.45, 7) is 6.80. The van der Waals surface area contributed by atoms with Crippen molar-refractivity contribution in [3.05, 3.63) is 59.9 Å². The summed E-state index contributed by atoms with van der Waals surface area (Å²) in [5.74, 6) is 0.551. The van der Waals surface area contributed by atoms with Crippen molar-refractivity contribution in [2.24, 2.45) is 11.7 Å². The van der Waals surface area contributed by atoms with Crippen LogP contribution in [0.1, 0.15) is 32.0 Å². The van der Waals surface area contributed by atoms with Crippen LogP contribution in [-0.2, 0) is 17.9 Å². The van der Waals surface area contributed by atoms with E-state index in [-0.39, 0.29) is 11.8 Å². The molecule has 24 heavy (non-hydrogen) atoms. The quantitative estimate of drug-likeness (QED) is 0.781. The van der Waals surface area contributed by atoms with Crippen LogP contribution in [0.3, 0.4) is 0 Å². The van der Waals surface area contributed by atoms with Crippen molar-refractivity contribution in [1.82, 2.24) is 10.3 Å². The third-order valence-electron chi connectivity index (χ3n) is 4.36. The Bertz CT molecular complexity index is 656. The second kappa shape index (κ2) is 7.93. The molecule has 0 bridgehead atoms. The van der Waals surface area contributed by atoms with Crippen molar-refractivity contribution in [2.45, 2.75) is 39.5 Å². The van der Waals surface area contributed by atoms with Gasteiger partial charge in [-0.3, -0.25) is 15.1 Å². The molecule has 1 heterocycles. The van der Waals surface area contributed by atoms with Crippen molar-refractivity contribution in [2.75, 3.05) is 0 Å². The molecule has 2 rings (SSSR count). The minimum Gasteiger partial charge on any atom is -0.487 e. The number of carbonyl (C=O) groups is 1. The fourth-order valence-electron chi connectivity index (χ4n) is 2.21. The van der Waals surface area contributed by atoms with Crippen molar-refractivity contribution < 1.29 is 9.53 Å². The number of aromatic nitrogens is 1.